The number of carbonyl (C=O) groups is 1. The van der Waals surface area contributed by atoms with Crippen LogP contribution < -0.4 is 4.74 Å². The summed E-state index contributed by atoms with van der Waals surface area (Å²) < 4.78 is 42.9. The second-order valence-corrected chi connectivity index (χ2v) is 8.92. The van der Waals surface area contributed by atoms with Gasteiger partial charge in [-0.15, -0.1) is 11.3 Å². The van der Waals surface area contributed by atoms with Crippen molar-refractivity contribution in [1.29, 1.82) is 0 Å². The quantitative estimate of drug-likeness (QED) is 0.729. The van der Waals surface area contributed by atoms with Crippen LogP contribution in [0.4, 0.5) is 4.39 Å². The maximum Gasteiger partial charge on any atom is 0.240 e. The van der Waals surface area contributed by atoms with Gasteiger partial charge in [0.15, 0.2) is 9.84 Å². The molecule has 2 rings (SSSR count). The molecule has 0 aliphatic heterocycles. The zero-order valence-electron chi connectivity index (χ0n) is 14.1. The number of hydrogen-bond donors (Lipinski definition) is 0. The van der Waals surface area contributed by atoms with E-state index in [0.29, 0.717) is 16.5 Å². The van der Waals surface area contributed by atoms with Gasteiger partial charge in [0, 0.05) is 19.5 Å². The third-order valence-electron chi connectivity index (χ3n) is 3.45. The van der Waals surface area contributed by atoms with Gasteiger partial charge in [-0.05, 0) is 31.2 Å². The summed E-state index contributed by atoms with van der Waals surface area (Å²) in [5.74, 6) is -0.623. The number of benzene rings is 1. The van der Waals surface area contributed by atoms with Crippen LogP contribution in [-0.2, 0) is 27.0 Å². The molecule has 9 heteroatoms. The molecule has 0 spiro atoms. The van der Waals surface area contributed by atoms with E-state index in [1.807, 2.05) is 0 Å². The first-order valence-electron chi connectivity index (χ1n) is 7.43. The van der Waals surface area contributed by atoms with Crippen molar-refractivity contribution in [2.75, 3.05) is 14.1 Å². The van der Waals surface area contributed by atoms with E-state index in [1.54, 1.807) is 5.38 Å². The van der Waals surface area contributed by atoms with E-state index >= 15 is 0 Å². The number of aromatic nitrogens is 1. The fraction of sp³-hybridized carbons (Fsp3) is 0.375. The first-order valence-corrected chi connectivity index (χ1v) is 10.0. The number of nitrogens with zero attached hydrogens (tertiary/aromatic N) is 2. The summed E-state index contributed by atoms with van der Waals surface area (Å²) in [7, 11) is -0.614. The van der Waals surface area contributed by atoms with Gasteiger partial charge in [-0.1, -0.05) is 0 Å². The van der Waals surface area contributed by atoms with Gasteiger partial charge in [-0.3, -0.25) is 4.79 Å². The Balaban J connectivity index is 1.98. The van der Waals surface area contributed by atoms with Gasteiger partial charge in [0.1, 0.15) is 28.4 Å². The number of carbonyl (C=O) groups excluding carboxylic acids is 1. The molecule has 1 amide bonds. The predicted octanol–water partition coefficient (Wildman–Crippen LogP) is 2.25. The van der Waals surface area contributed by atoms with Gasteiger partial charge >= 0.3 is 0 Å². The van der Waals surface area contributed by atoms with Gasteiger partial charge in [-0.25, -0.2) is 17.8 Å². The van der Waals surface area contributed by atoms with Gasteiger partial charge in [0.2, 0.25) is 5.91 Å². The van der Waals surface area contributed by atoms with Crippen LogP contribution in [0.1, 0.15) is 17.6 Å². The number of rotatable bonds is 7. The lowest BCUT2D eigenvalue weighted by molar-refractivity contribution is -0.127. The molecule has 0 aliphatic carbocycles. The van der Waals surface area contributed by atoms with Crippen LogP contribution >= 0.6 is 11.3 Å². The van der Waals surface area contributed by atoms with Crippen molar-refractivity contribution < 1.29 is 22.3 Å². The summed E-state index contributed by atoms with van der Waals surface area (Å²) >= 11 is 1.27. The van der Waals surface area contributed by atoms with E-state index in [1.165, 1.54) is 61.5 Å². The topological polar surface area (TPSA) is 76.6 Å². The Morgan fingerprint density at radius 1 is 1.32 bits per heavy atom. The van der Waals surface area contributed by atoms with E-state index in [-0.39, 0.29) is 18.2 Å². The molecule has 0 unspecified atom stereocenters. The van der Waals surface area contributed by atoms with Crippen LogP contribution in [0.3, 0.4) is 0 Å². The standard InChI is InChI=1S/C16H19FN2O4S2/c1-11(16(20)19(2)3)25(21,22)10-13-9-24-15(18-13)8-23-14-6-4-12(17)5-7-14/h4-7,9,11H,8,10H2,1-3H3/t11-/m0/s1. The summed E-state index contributed by atoms with van der Waals surface area (Å²) in [6, 6.07) is 5.59. The summed E-state index contributed by atoms with van der Waals surface area (Å²) in [4.78, 5) is 17.3. The van der Waals surface area contributed by atoms with Gasteiger partial charge < -0.3 is 9.64 Å². The number of halogens is 1. The van der Waals surface area contributed by atoms with E-state index < -0.39 is 21.0 Å². The van der Waals surface area contributed by atoms with Crippen LogP contribution in [0.5, 0.6) is 5.75 Å². The molecule has 0 N–H and O–H groups in total. The zero-order chi connectivity index (χ0) is 18.6. The lowest BCUT2D eigenvalue weighted by Crippen LogP contribution is -2.37. The van der Waals surface area contributed by atoms with Crippen LogP contribution in [0.25, 0.3) is 0 Å². The highest BCUT2D eigenvalue weighted by atomic mass is 32.2. The zero-order valence-corrected chi connectivity index (χ0v) is 15.7. The van der Waals surface area contributed by atoms with E-state index in [4.69, 9.17) is 4.74 Å². The second-order valence-electron chi connectivity index (χ2n) is 5.66. The molecule has 1 atom stereocenters. The Labute approximate surface area is 150 Å². The summed E-state index contributed by atoms with van der Waals surface area (Å²) in [6.45, 7) is 1.53. The molecular weight excluding hydrogens is 367 g/mol. The minimum absolute atomic E-state index is 0.155. The summed E-state index contributed by atoms with van der Waals surface area (Å²) in [5, 5.41) is 1.11. The molecule has 1 aromatic heterocycles. The van der Waals surface area contributed by atoms with Crippen LogP contribution in [0.2, 0.25) is 0 Å². The first-order chi connectivity index (χ1) is 11.7. The third kappa shape index (κ3) is 5.23. The van der Waals surface area contributed by atoms with Crippen molar-refractivity contribution in [3.05, 3.63) is 46.2 Å². The molecule has 25 heavy (non-hydrogen) atoms. The Morgan fingerprint density at radius 3 is 2.56 bits per heavy atom. The van der Waals surface area contributed by atoms with Gasteiger partial charge in [-0.2, -0.15) is 0 Å². The van der Waals surface area contributed by atoms with Crippen molar-refractivity contribution in [1.82, 2.24) is 9.88 Å². The van der Waals surface area contributed by atoms with Crippen LogP contribution in [0, 0.1) is 5.82 Å². The number of sulfone groups is 1. The van der Waals surface area contributed by atoms with Crippen molar-refractivity contribution >= 4 is 27.1 Å². The fourth-order valence-electron chi connectivity index (χ4n) is 2.01. The normalized spacial score (nSPS) is 12.6. The van der Waals surface area contributed by atoms with Crippen molar-refractivity contribution in [2.24, 2.45) is 0 Å². The minimum Gasteiger partial charge on any atom is -0.486 e. The maximum absolute atomic E-state index is 12.8. The van der Waals surface area contributed by atoms with Crippen LogP contribution in [-0.4, -0.2) is 43.6 Å². The molecule has 2 aromatic rings. The molecule has 1 heterocycles. The average Bonchev–Trinajstić information content (AvgIpc) is 2.99. The SMILES string of the molecule is C[C@@H](C(=O)N(C)C)S(=O)(=O)Cc1csc(COc2ccc(F)cc2)n1. The Morgan fingerprint density at radius 2 is 1.96 bits per heavy atom. The monoisotopic (exact) mass is 386 g/mol. The number of ether oxygens (including phenoxy) is 1. The molecule has 6 nitrogen and oxygen atoms in total. The average molecular weight is 386 g/mol. The van der Waals surface area contributed by atoms with E-state index in [9.17, 15) is 17.6 Å². The Kier molecular flexibility index (Phi) is 6.12. The lowest BCUT2D eigenvalue weighted by Gasteiger charge is -2.16. The highest BCUT2D eigenvalue weighted by molar-refractivity contribution is 7.92. The van der Waals surface area contributed by atoms with Crippen molar-refractivity contribution in [2.45, 2.75) is 24.5 Å². The van der Waals surface area contributed by atoms with E-state index in [2.05, 4.69) is 4.98 Å². The third-order valence-corrected chi connectivity index (χ3v) is 6.30. The molecule has 0 saturated heterocycles. The fourth-order valence-corrected chi connectivity index (χ4v) is 4.14. The van der Waals surface area contributed by atoms with Gasteiger partial charge in [0.05, 0.1) is 11.4 Å². The van der Waals surface area contributed by atoms with Crippen molar-refractivity contribution in [3.63, 3.8) is 0 Å². The summed E-state index contributed by atoms with van der Waals surface area (Å²) in [5.41, 5.74) is 0.376. The largest absolute Gasteiger partial charge is 0.486 e. The molecule has 136 valence electrons. The lowest BCUT2D eigenvalue weighted by atomic mass is 10.3. The number of amides is 1. The van der Waals surface area contributed by atoms with Crippen molar-refractivity contribution in [3.8, 4) is 5.75 Å². The molecule has 0 bridgehead atoms. The molecule has 0 fully saturated rings. The molecule has 0 aliphatic rings. The Bertz CT molecular complexity index is 832. The highest BCUT2D eigenvalue weighted by Gasteiger charge is 2.30. The highest BCUT2D eigenvalue weighted by Crippen LogP contribution is 2.18. The molecular formula is C16H19FN2O4S2. The maximum atomic E-state index is 12.8. The number of hydrogen-bond acceptors (Lipinski definition) is 6. The van der Waals surface area contributed by atoms with Crippen LogP contribution in [0.15, 0.2) is 29.6 Å². The second kappa shape index (κ2) is 7.92. The predicted molar refractivity (Wildman–Crippen MR) is 93.6 cm³/mol. The smallest absolute Gasteiger partial charge is 0.240 e. The molecule has 0 saturated carbocycles. The minimum atomic E-state index is -3.65. The molecule has 0 radical (unpaired) electrons. The van der Waals surface area contributed by atoms with E-state index in [0.717, 1.165) is 0 Å². The van der Waals surface area contributed by atoms with Gasteiger partial charge in [0.25, 0.3) is 0 Å². The number of thiazole rings is 1. The summed E-state index contributed by atoms with van der Waals surface area (Å²) in [6.07, 6.45) is 0. The first kappa shape index (κ1) is 19.3. The Hall–Kier alpha value is -2.00. The molecule has 1 aromatic carbocycles.